The van der Waals surface area contributed by atoms with Gasteiger partial charge in [-0.25, -0.2) is 4.79 Å². The molecule has 1 fully saturated rings. The first kappa shape index (κ1) is 14.9. The molecule has 0 aliphatic carbocycles. The number of carbonyl (C=O) groups is 1. The summed E-state index contributed by atoms with van der Waals surface area (Å²) in [4.78, 5) is 10.8. The van der Waals surface area contributed by atoms with Crippen LogP contribution in [0.15, 0.2) is 24.3 Å². The van der Waals surface area contributed by atoms with E-state index < -0.39 is 23.2 Å². The summed E-state index contributed by atoms with van der Waals surface area (Å²) in [5.74, 6) is -1.01. The van der Waals surface area contributed by atoms with Crippen LogP contribution in [0.2, 0.25) is 0 Å². The highest BCUT2D eigenvalue weighted by molar-refractivity contribution is 5.87. The van der Waals surface area contributed by atoms with Crippen LogP contribution in [0.3, 0.4) is 0 Å². The molecule has 0 bridgehead atoms. The molecule has 1 aromatic rings. The number of hydrogen-bond donors (Lipinski definition) is 3. The number of benzene rings is 1. The van der Waals surface area contributed by atoms with Crippen molar-refractivity contribution in [3.8, 4) is 0 Å². The lowest BCUT2D eigenvalue weighted by atomic mass is 9.84. The van der Waals surface area contributed by atoms with E-state index in [-0.39, 0.29) is 5.56 Å². The Labute approximate surface area is 117 Å². The standard InChI is InChI=1S/C14H20N2O4/c1-13(2)14(3,4)16(20)11(15(13)19)9-5-7-10(8-6-9)12(17)18/h5-8,11,19-20H,1-4H3,(H,17,18). The van der Waals surface area contributed by atoms with Crippen molar-refractivity contribution < 1.29 is 20.3 Å². The Hall–Kier alpha value is -1.47. The van der Waals surface area contributed by atoms with Gasteiger partial charge in [0.25, 0.3) is 0 Å². The number of carboxylic acid groups (broad SMARTS) is 1. The summed E-state index contributed by atoms with van der Waals surface area (Å²) in [6.45, 7) is 7.34. The van der Waals surface area contributed by atoms with Gasteiger partial charge in [0.05, 0.1) is 16.6 Å². The minimum atomic E-state index is -1.01. The summed E-state index contributed by atoms with van der Waals surface area (Å²) < 4.78 is 0. The van der Waals surface area contributed by atoms with Gasteiger partial charge in [-0.3, -0.25) is 0 Å². The smallest absolute Gasteiger partial charge is 0.335 e. The number of hydrogen-bond acceptors (Lipinski definition) is 5. The van der Waals surface area contributed by atoms with E-state index in [1.165, 1.54) is 12.1 Å². The van der Waals surface area contributed by atoms with E-state index in [9.17, 15) is 15.2 Å². The van der Waals surface area contributed by atoms with Crippen molar-refractivity contribution in [1.29, 1.82) is 0 Å². The van der Waals surface area contributed by atoms with E-state index >= 15 is 0 Å². The van der Waals surface area contributed by atoms with Gasteiger partial charge in [-0.05, 0) is 45.4 Å². The molecule has 3 N–H and O–H groups in total. The van der Waals surface area contributed by atoms with Crippen LogP contribution in [0.4, 0.5) is 0 Å². The average Bonchev–Trinajstić information content (AvgIpc) is 2.49. The first-order valence-electron chi connectivity index (χ1n) is 6.40. The number of hydroxylamine groups is 4. The minimum Gasteiger partial charge on any atom is -0.478 e. The van der Waals surface area contributed by atoms with E-state index in [1.807, 2.05) is 27.7 Å². The van der Waals surface area contributed by atoms with Gasteiger partial charge in [-0.2, -0.15) is 10.1 Å². The van der Waals surface area contributed by atoms with Gasteiger partial charge in [0.2, 0.25) is 0 Å². The van der Waals surface area contributed by atoms with Crippen LogP contribution in [0.5, 0.6) is 0 Å². The fourth-order valence-electron chi connectivity index (χ4n) is 2.36. The van der Waals surface area contributed by atoms with Crippen LogP contribution in [-0.4, -0.2) is 42.7 Å². The highest BCUT2D eigenvalue weighted by Crippen LogP contribution is 2.47. The molecule has 0 aromatic heterocycles. The first-order valence-corrected chi connectivity index (χ1v) is 6.40. The van der Waals surface area contributed by atoms with Crippen molar-refractivity contribution >= 4 is 5.97 Å². The fourth-order valence-corrected chi connectivity index (χ4v) is 2.36. The third-order valence-corrected chi connectivity index (χ3v) is 4.56. The van der Waals surface area contributed by atoms with Crippen molar-refractivity contribution in [3.63, 3.8) is 0 Å². The van der Waals surface area contributed by atoms with Crippen LogP contribution in [-0.2, 0) is 0 Å². The van der Waals surface area contributed by atoms with Gasteiger partial charge in [0.15, 0.2) is 0 Å². The van der Waals surface area contributed by atoms with E-state index in [1.54, 1.807) is 12.1 Å². The summed E-state index contributed by atoms with van der Waals surface area (Å²) >= 11 is 0. The Morgan fingerprint density at radius 3 is 1.75 bits per heavy atom. The Morgan fingerprint density at radius 2 is 1.40 bits per heavy atom. The van der Waals surface area contributed by atoms with Crippen LogP contribution < -0.4 is 0 Å². The minimum absolute atomic E-state index is 0.166. The molecule has 0 radical (unpaired) electrons. The molecule has 2 rings (SSSR count). The molecule has 1 saturated heterocycles. The predicted octanol–water partition coefficient (Wildman–Crippen LogP) is 2.34. The molecule has 6 nitrogen and oxygen atoms in total. The molecule has 20 heavy (non-hydrogen) atoms. The molecule has 0 spiro atoms. The summed E-state index contributed by atoms with van der Waals surface area (Å²) in [6.07, 6.45) is -0.733. The number of carboxylic acids is 1. The number of aromatic carboxylic acids is 1. The van der Waals surface area contributed by atoms with Crippen LogP contribution in [0, 0.1) is 0 Å². The quantitative estimate of drug-likeness (QED) is 0.771. The lowest BCUT2D eigenvalue weighted by molar-refractivity contribution is -0.223. The average molecular weight is 280 g/mol. The molecular formula is C14H20N2O4. The summed E-state index contributed by atoms with van der Waals surface area (Å²) in [6, 6.07) is 6.10. The van der Waals surface area contributed by atoms with Crippen molar-refractivity contribution in [2.45, 2.75) is 44.9 Å². The molecular weight excluding hydrogens is 260 g/mol. The molecule has 1 aliphatic heterocycles. The second-order valence-corrected chi connectivity index (χ2v) is 6.11. The molecule has 1 aromatic carbocycles. The molecule has 0 saturated carbocycles. The van der Waals surface area contributed by atoms with Gasteiger partial charge in [0.1, 0.15) is 6.17 Å². The van der Waals surface area contributed by atoms with Crippen molar-refractivity contribution in [3.05, 3.63) is 35.4 Å². The summed E-state index contributed by atoms with van der Waals surface area (Å²) in [5, 5.41) is 31.8. The molecule has 1 heterocycles. The Kier molecular flexibility index (Phi) is 3.38. The van der Waals surface area contributed by atoms with E-state index in [0.717, 1.165) is 10.1 Å². The topological polar surface area (TPSA) is 84.2 Å². The van der Waals surface area contributed by atoms with E-state index in [2.05, 4.69) is 0 Å². The maximum absolute atomic E-state index is 10.8. The normalized spacial score (nSPS) is 23.1. The van der Waals surface area contributed by atoms with E-state index in [4.69, 9.17) is 5.11 Å². The monoisotopic (exact) mass is 280 g/mol. The highest BCUT2D eigenvalue weighted by atomic mass is 16.6. The maximum Gasteiger partial charge on any atom is 0.335 e. The Bertz CT molecular complexity index is 504. The predicted molar refractivity (Wildman–Crippen MR) is 71.6 cm³/mol. The first-order chi connectivity index (χ1) is 9.10. The van der Waals surface area contributed by atoms with Gasteiger partial charge in [-0.15, -0.1) is 0 Å². The SMILES string of the molecule is CC1(C)N(O)C(c2ccc(C(=O)O)cc2)N(O)C1(C)C. The lowest BCUT2D eigenvalue weighted by Gasteiger charge is -2.37. The Morgan fingerprint density at radius 1 is 1.00 bits per heavy atom. The third-order valence-electron chi connectivity index (χ3n) is 4.56. The molecule has 0 atom stereocenters. The van der Waals surface area contributed by atoms with Crippen LogP contribution in [0.1, 0.15) is 49.8 Å². The zero-order valence-corrected chi connectivity index (χ0v) is 12.0. The van der Waals surface area contributed by atoms with E-state index in [0.29, 0.717) is 5.56 Å². The van der Waals surface area contributed by atoms with Crippen molar-refractivity contribution in [2.24, 2.45) is 0 Å². The van der Waals surface area contributed by atoms with Crippen LogP contribution in [0.25, 0.3) is 0 Å². The number of nitrogens with zero attached hydrogens (tertiary/aromatic N) is 2. The molecule has 110 valence electrons. The maximum atomic E-state index is 10.8. The van der Waals surface area contributed by atoms with Crippen molar-refractivity contribution in [1.82, 2.24) is 10.1 Å². The number of rotatable bonds is 2. The third kappa shape index (κ3) is 1.92. The molecule has 1 aliphatic rings. The van der Waals surface area contributed by atoms with Gasteiger partial charge >= 0.3 is 5.97 Å². The second kappa shape index (κ2) is 4.53. The van der Waals surface area contributed by atoms with Gasteiger partial charge < -0.3 is 15.5 Å². The zero-order valence-electron chi connectivity index (χ0n) is 12.0. The highest BCUT2D eigenvalue weighted by Gasteiger charge is 2.58. The molecule has 0 unspecified atom stereocenters. The Balaban J connectivity index is 2.40. The molecule has 6 heteroatoms. The largest absolute Gasteiger partial charge is 0.478 e. The fraction of sp³-hybridized carbons (Fsp3) is 0.500. The van der Waals surface area contributed by atoms with Gasteiger partial charge in [-0.1, -0.05) is 12.1 Å². The van der Waals surface area contributed by atoms with Gasteiger partial charge in [0, 0.05) is 0 Å². The van der Waals surface area contributed by atoms with Crippen LogP contribution >= 0.6 is 0 Å². The molecule has 0 amide bonds. The second-order valence-electron chi connectivity index (χ2n) is 6.11. The van der Waals surface area contributed by atoms with Crippen molar-refractivity contribution in [2.75, 3.05) is 0 Å². The lowest BCUT2D eigenvalue weighted by Crippen LogP contribution is -2.52. The summed E-state index contributed by atoms with van der Waals surface area (Å²) in [7, 11) is 0. The summed E-state index contributed by atoms with van der Waals surface area (Å²) in [5.41, 5.74) is -0.548. The zero-order chi connectivity index (χ0) is 15.3.